The van der Waals surface area contributed by atoms with Gasteiger partial charge in [-0.05, 0) is 13.3 Å². The van der Waals surface area contributed by atoms with Crippen LogP contribution in [-0.4, -0.2) is 18.8 Å². The minimum atomic E-state index is -0.381. The molecule has 15 heavy (non-hydrogen) atoms. The van der Waals surface area contributed by atoms with Crippen LogP contribution in [0.5, 0.6) is 5.75 Å². The fourth-order valence-corrected chi connectivity index (χ4v) is 1.53. The van der Waals surface area contributed by atoms with Gasteiger partial charge in [-0.25, -0.2) is 4.79 Å². The topological polar surface area (TPSA) is 59.7 Å². The summed E-state index contributed by atoms with van der Waals surface area (Å²) in [6.45, 7) is 3.74. The molecule has 0 bridgehead atoms. The predicted octanol–water partition coefficient (Wildman–Crippen LogP) is 1.44. The van der Waals surface area contributed by atoms with E-state index in [2.05, 4.69) is 0 Å². The first-order chi connectivity index (χ1) is 7.10. The molecule has 4 nitrogen and oxygen atoms in total. The van der Waals surface area contributed by atoms with Crippen molar-refractivity contribution in [2.75, 3.05) is 13.7 Å². The molecule has 1 aromatic heterocycles. The molecule has 84 valence electrons. The van der Waals surface area contributed by atoms with Crippen molar-refractivity contribution >= 4 is 0 Å². The van der Waals surface area contributed by atoms with Crippen molar-refractivity contribution in [1.29, 1.82) is 0 Å². The SMILES string of the molecule is COc1c(C)cc(=O)oc1C(C)CCO. The van der Waals surface area contributed by atoms with Gasteiger partial charge in [0.2, 0.25) is 0 Å². The first-order valence-corrected chi connectivity index (χ1v) is 4.89. The summed E-state index contributed by atoms with van der Waals surface area (Å²) in [4.78, 5) is 11.2. The van der Waals surface area contributed by atoms with Crippen LogP contribution < -0.4 is 10.4 Å². The minimum Gasteiger partial charge on any atom is -0.493 e. The van der Waals surface area contributed by atoms with Gasteiger partial charge in [-0.1, -0.05) is 6.92 Å². The number of aliphatic hydroxyl groups is 1. The maximum absolute atomic E-state index is 11.2. The smallest absolute Gasteiger partial charge is 0.336 e. The first kappa shape index (κ1) is 11.8. The number of hydrogen-bond donors (Lipinski definition) is 1. The molecule has 1 heterocycles. The Morgan fingerprint density at radius 3 is 2.80 bits per heavy atom. The summed E-state index contributed by atoms with van der Waals surface area (Å²) in [5, 5.41) is 8.84. The summed E-state index contributed by atoms with van der Waals surface area (Å²) < 4.78 is 10.3. The van der Waals surface area contributed by atoms with Gasteiger partial charge in [0, 0.05) is 24.2 Å². The second-order valence-electron chi connectivity index (χ2n) is 3.56. The molecule has 1 unspecified atom stereocenters. The van der Waals surface area contributed by atoms with E-state index in [4.69, 9.17) is 14.3 Å². The molecule has 0 amide bonds. The van der Waals surface area contributed by atoms with Gasteiger partial charge in [0.15, 0.2) is 11.5 Å². The summed E-state index contributed by atoms with van der Waals surface area (Å²) in [7, 11) is 1.54. The zero-order valence-electron chi connectivity index (χ0n) is 9.24. The van der Waals surface area contributed by atoms with Crippen molar-refractivity contribution in [3.8, 4) is 5.75 Å². The molecule has 4 heteroatoms. The van der Waals surface area contributed by atoms with Crippen molar-refractivity contribution in [2.45, 2.75) is 26.2 Å². The van der Waals surface area contributed by atoms with Crippen molar-refractivity contribution < 1.29 is 14.3 Å². The van der Waals surface area contributed by atoms with Gasteiger partial charge >= 0.3 is 5.63 Å². The van der Waals surface area contributed by atoms with Crippen LogP contribution in [0.25, 0.3) is 0 Å². The fourth-order valence-electron chi connectivity index (χ4n) is 1.53. The molecule has 1 aromatic rings. The predicted molar refractivity (Wildman–Crippen MR) is 56.4 cm³/mol. The maximum atomic E-state index is 11.2. The highest BCUT2D eigenvalue weighted by atomic mass is 16.5. The fraction of sp³-hybridized carbons (Fsp3) is 0.545. The average molecular weight is 212 g/mol. The van der Waals surface area contributed by atoms with Crippen LogP contribution >= 0.6 is 0 Å². The molecule has 0 saturated carbocycles. The molecule has 0 aromatic carbocycles. The highest BCUT2D eigenvalue weighted by Gasteiger charge is 2.17. The Hall–Kier alpha value is -1.29. The maximum Gasteiger partial charge on any atom is 0.336 e. The van der Waals surface area contributed by atoms with Gasteiger partial charge in [-0.15, -0.1) is 0 Å². The van der Waals surface area contributed by atoms with Crippen LogP contribution in [0.4, 0.5) is 0 Å². The minimum absolute atomic E-state index is 0.0300. The lowest BCUT2D eigenvalue weighted by Gasteiger charge is -2.13. The Morgan fingerprint density at radius 1 is 1.60 bits per heavy atom. The molecule has 1 atom stereocenters. The van der Waals surface area contributed by atoms with Gasteiger partial charge in [0.25, 0.3) is 0 Å². The van der Waals surface area contributed by atoms with Crippen LogP contribution in [0.2, 0.25) is 0 Å². The number of aryl methyl sites for hydroxylation is 1. The molecule has 0 radical (unpaired) electrons. The van der Waals surface area contributed by atoms with E-state index in [1.165, 1.54) is 13.2 Å². The lowest BCUT2D eigenvalue weighted by atomic mass is 10.0. The van der Waals surface area contributed by atoms with Gasteiger partial charge < -0.3 is 14.3 Å². The van der Waals surface area contributed by atoms with Gasteiger partial charge in [-0.3, -0.25) is 0 Å². The zero-order valence-corrected chi connectivity index (χ0v) is 9.24. The van der Waals surface area contributed by atoms with Crippen LogP contribution in [0.1, 0.15) is 30.6 Å². The van der Waals surface area contributed by atoms with Gasteiger partial charge in [0.1, 0.15) is 0 Å². The second-order valence-corrected chi connectivity index (χ2v) is 3.56. The van der Waals surface area contributed by atoms with Crippen molar-refractivity contribution in [1.82, 2.24) is 0 Å². The Balaban J connectivity index is 3.19. The van der Waals surface area contributed by atoms with E-state index in [-0.39, 0.29) is 18.2 Å². The molecule has 0 aliphatic rings. The third kappa shape index (κ3) is 2.59. The molecule has 0 aliphatic carbocycles. The highest BCUT2D eigenvalue weighted by Crippen LogP contribution is 2.29. The molecule has 0 spiro atoms. The number of methoxy groups -OCH3 is 1. The number of rotatable bonds is 4. The molecule has 0 aliphatic heterocycles. The number of ether oxygens (including phenoxy) is 1. The molecule has 0 saturated heterocycles. The van der Waals surface area contributed by atoms with E-state index in [0.29, 0.717) is 17.9 Å². The van der Waals surface area contributed by atoms with Crippen LogP contribution in [0.3, 0.4) is 0 Å². The first-order valence-electron chi connectivity index (χ1n) is 4.89. The van der Waals surface area contributed by atoms with E-state index in [9.17, 15) is 4.79 Å². The lowest BCUT2D eigenvalue weighted by Crippen LogP contribution is -2.08. The third-order valence-corrected chi connectivity index (χ3v) is 2.34. The molecule has 1 rings (SSSR count). The molecule has 1 N–H and O–H groups in total. The molecular formula is C11H16O4. The average Bonchev–Trinajstić information content (AvgIpc) is 2.17. The van der Waals surface area contributed by atoms with E-state index < -0.39 is 0 Å². The van der Waals surface area contributed by atoms with E-state index in [1.54, 1.807) is 6.92 Å². The summed E-state index contributed by atoms with van der Waals surface area (Å²) in [6.07, 6.45) is 0.544. The van der Waals surface area contributed by atoms with Gasteiger partial charge in [0.05, 0.1) is 7.11 Å². The van der Waals surface area contributed by atoms with Crippen LogP contribution in [0, 0.1) is 6.92 Å². The van der Waals surface area contributed by atoms with Gasteiger partial charge in [-0.2, -0.15) is 0 Å². The Bertz CT molecular complexity index is 381. The lowest BCUT2D eigenvalue weighted by molar-refractivity contribution is 0.263. The molecule has 0 fully saturated rings. The molecular weight excluding hydrogens is 196 g/mol. The largest absolute Gasteiger partial charge is 0.493 e. The van der Waals surface area contributed by atoms with Crippen LogP contribution in [0.15, 0.2) is 15.3 Å². The van der Waals surface area contributed by atoms with Crippen LogP contribution in [-0.2, 0) is 0 Å². The van der Waals surface area contributed by atoms with E-state index >= 15 is 0 Å². The number of aliphatic hydroxyl groups excluding tert-OH is 1. The second kappa shape index (κ2) is 4.98. The summed E-state index contributed by atoms with van der Waals surface area (Å²) in [6, 6.07) is 1.40. The Morgan fingerprint density at radius 2 is 2.27 bits per heavy atom. The number of hydrogen-bond acceptors (Lipinski definition) is 4. The van der Waals surface area contributed by atoms with Crippen molar-refractivity contribution in [3.63, 3.8) is 0 Å². The zero-order chi connectivity index (χ0) is 11.4. The van der Waals surface area contributed by atoms with E-state index in [0.717, 1.165) is 5.56 Å². The van der Waals surface area contributed by atoms with Crippen molar-refractivity contribution in [2.24, 2.45) is 0 Å². The standard InChI is InChI=1S/C11H16O4/c1-7(4-5-12)11-10(14-3)8(2)6-9(13)15-11/h6-7,12H,4-5H2,1-3H3. The quantitative estimate of drug-likeness (QED) is 0.820. The Labute approximate surface area is 88.5 Å². The summed E-state index contributed by atoms with van der Waals surface area (Å²) in [5.41, 5.74) is 0.377. The third-order valence-electron chi connectivity index (χ3n) is 2.34. The van der Waals surface area contributed by atoms with Crippen molar-refractivity contribution in [3.05, 3.63) is 27.8 Å². The van der Waals surface area contributed by atoms with E-state index in [1.807, 2.05) is 6.92 Å². The Kier molecular flexibility index (Phi) is 3.91. The normalized spacial score (nSPS) is 12.5. The summed E-state index contributed by atoms with van der Waals surface area (Å²) in [5.74, 6) is 1.07. The highest BCUT2D eigenvalue weighted by molar-refractivity contribution is 5.35. The summed E-state index contributed by atoms with van der Waals surface area (Å²) >= 11 is 0. The monoisotopic (exact) mass is 212 g/mol.